The van der Waals surface area contributed by atoms with E-state index in [4.69, 9.17) is 5.73 Å². The minimum atomic E-state index is -1.09. The Bertz CT molecular complexity index is 448. The summed E-state index contributed by atoms with van der Waals surface area (Å²) in [6.45, 7) is 0. The van der Waals surface area contributed by atoms with Crippen molar-refractivity contribution in [3.8, 4) is 0 Å². The Morgan fingerprint density at radius 1 is 1.21 bits per heavy atom. The predicted molar refractivity (Wildman–Crippen MR) is 71.3 cm³/mol. The van der Waals surface area contributed by atoms with Crippen LogP contribution in [0.15, 0.2) is 18.2 Å². The van der Waals surface area contributed by atoms with Crippen LogP contribution in [0, 0.1) is 11.6 Å². The number of nitrogens with two attached hydrogens (primary N) is 1. The van der Waals surface area contributed by atoms with Gasteiger partial charge in [-0.2, -0.15) is 0 Å². The van der Waals surface area contributed by atoms with Gasteiger partial charge < -0.3 is 11.1 Å². The first-order chi connectivity index (χ1) is 8.58. The van der Waals surface area contributed by atoms with Crippen LogP contribution in [0.3, 0.4) is 0 Å². The Morgan fingerprint density at radius 2 is 1.84 bits per heavy atom. The molecule has 3 nitrogen and oxygen atoms in total. The van der Waals surface area contributed by atoms with Crippen LogP contribution >= 0.6 is 12.4 Å². The van der Waals surface area contributed by atoms with Gasteiger partial charge in [-0.25, -0.2) is 8.78 Å². The highest BCUT2D eigenvalue weighted by Gasteiger charge is 2.22. The van der Waals surface area contributed by atoms with E-state index in [9.17, 15) is 13.6 Å². The average molecular weight is 291 g/mol. The van der Waals surface area contributed by atoms with Crippen molar-refractivity contribution in [1.29, 1.82) is 0 Å². The second-order valence-electron chi connectivity index (χ2n) is 4.69. The lowest BCUT2D eigenvalue weighted by atomic mass is 9.91. The van der Waals surface area contributed by atoms with E-state index in [-0.39, 0.29) is 30.1 Å². The molecule has 0 aromatic heterocycles. The van der Waals surface area contributed by atoms with Crippen molar-refractivity contribution in [2.75, 3.05) is 0 Å². The zero-order chi connectivity index (χ0) is 13.1. The molecule has 0 bridgehead atoms. The van der Waals surface area contributed by atoms with E-state index in [1.54, 1.807) is 0 Å². The fraction of sp³-hybridized carbons (Fsp3) is 0.462. The number of carbonyl (C=O) groups is 1. The van der Waals surface area contributed by atoms with Gasteiger partial charge in [-0.05, 0) is 37.8 Å². The number of amides is 1. The lowest BCUT2D eigenvalue weighted by molar-refractivity contribution is 0.0920. The van der Waals surface area contributed by atoms with Crippen LogP contribution in [0.4, 0.5) is 8.78 Å². The Balaban J connectivity index is 0.00000180. The summed E-state index contributed by atoms with van der Waals surface area (Å²) in [4.78, 5) is 11.8. The molecule has 0 spiro atoms. The molecule has 1 amide bonds. The number of halogens is 3. The second-order valence-corrected chi connectivity index (χ2v) is 4.69. The van der Waals surface area contributed by atoms with Gasteiger partial charge in [0.1, 0.15) is 0 Å². The van der Waals surface area contributed by atoms with Crippen molar-refractivity contribution >= 4 is 18.3 Å². The molecule has 0 saturated heterocycles. The fourth-order valence-corrected chi connectivity index (χ4v) is 2.21. The summed E-state index contributed by atoms with van der Waals surface area (Å²) in [5.74, 6) is -2.66. The third-order valence-electron chi connectivity index (χ3n) is 3.30. The highest BCUT2D eigenvalue weighted by Crippen LogP contribution is 2.18. The molecule has 1 aliphatic carbocycles. The molecular weight excluding hydrogens is 274 g/mol. The molecule has 0 unspecified atom stereocenters. The number of hydrogen-bond donors (Lipinski definition) is 2. The zero-order valence-corrected chi connectivity index (χ0v) is 11.2. The van der Waals surface area contributed by atoms with E-state index in [0.29, 0.717) is 0 Å². The maximum atomic E-state index is 13.4. The van der Waals surface area contributed by atoms with Crippen molar-refractivity contribution < 1.29 is 13.6 Å². The fourth-order valence-electron chi connectivity index (χ4n) is 2.21. The van der Waals surface area contributed by atoms with Crippen molar-refractivity contribution in [3.05, 3.63) is 35.4 Å². The highest BCUT2D eigenvalue weighted by molar-refractivity contribution is 5.94. The first-order valence-electron chi connectivity index (χ1n) is 6.08. The number of carbonyl (C=O) groups excluding carboxylic acids is 1. The van der Waals surface area contributed by atoms with Gasteiger partial charge in [-0.3, -0.25) is 4.79 Å². The van der Waals surface area contributed by atoms with E-state index in [1.807, 2.05) is 0 Å². The van der Waals surface area contributed by atoms with Crippen LogP contribution in [0.25, 0.3) is 0 Å². The van der Waals surface area contributed by atoms with Crippen LogP contribution in [-0.2, 0) is 0 Å². The van der Waals surface area contributed by atoms with E-state index in [2.05, 4.69) is 5.32 Å². The molecule has 0 atom stereocenters. The first-order valence-corrected chi connectivity index (χ1v) is 6.08. The summed E-state index contributed by atoms with van der Waals surface area (Å²) in [6, 6.07) is 3.78. The molecule has 2 rings (SSSR count). The maximum Gasteiger partial charge on any atom is 0.254 e. The van der Waals surface area contributed by atoms with E-state index >= 15 is 0 Å². The van der Waals surface area contributed by atoms with Gasteiger partial charge in [0.05, 0.1) is 5.56 Å². The molecule has 0 aliphatic heterocycles. The highest BCUT2D eigenvalue weighted by atomic mass is 35.5. The molecule has 1 saturated carbocycles. The summed E-state index contributed by atoms with van der Waals surface area (Å²) in [5, 5.41) is 2.72. The van der Waals surface area contributed by atoms with Crippen molar-refractivity contribution in [3.63, 3.8) is 0 Å². The Morgan fingerprint density at radius 3 is 2.47 bits per heavy atom. The minimum absolute atomic E-state index is 0. The van der Waals surface area contributed by atoms with Gasteiger partial charge in [0.25, 0.3) is 5.91 Å². The minimum Gasteiger partial charge on any atom is -0.349 e. The number of benzene rings is 1. The summed E-state index contributed by atoms with van der Waals surface area (Å²) < 4.78 is 26.4. The second kappa shape index (κ2) is 6.82. The first kappa shape index (κ1) is 15.9. The normalized spacial score (nSPS) is 22.5. The quantitative estimate of drug-likeness (QED) is 0.879. The molecule has 6 heteroatoms. The van der Waals surface area contributed by atoms with Crippen LogP contribution < -0.4 is 11.1 Å². The Hall–Kier alpha value is -1.20. The van der Waals surface area contributed by atoms with Crippen LogP contribution in [0.1, 0.15) is 36.0 Å². The van der Waals surface area contributed by atoms with Gasteiger partial charge in [0, 0.05) is 12.1 Å². The van der Waals surface area contributed by atoms with Gasteiger partial charge in [0.2, 0.25) is 0 Å². The molecule has 1 fully saturated rings. The molecule has 0 radical (unpaired) electrons. The maximum absolute atomic E-state index is 13.4. The van der Waals surface area contributed by atoms with Gasteiger partial charge in [-0.15, -0.1) is 12.4 Å². The average Bonchev–Trinajstić information content (AvgIpc) is 2.35. The SMILES string of the molecule is Cl.NC1CCC(NC(=O)c2cccc(F)c2F)CC1. The van der Waals surface area contributed by atoms with E-state index in [0.717, 1.165) is 31.7 Å². The summed E-state index contributed by atoms with van der Waals surface area (Å²) >= 11 is 0. The topological polar surface area (TPSA) is 55.1 Å². The summed E-state index contributed by atoms with van der Waals surface area (Å²) in [5.41, 5.74) is 5.52. The van der Waals surface area contributed by atoms with Crippen molar-refractivity contribution in [2.45, 2.75) is 37.8 Å². The van der Waals surface area contributed by atoms with Gasteiger partial charge >= 0.3 is 0 Å². The summed E-state index contributed by atoms with van der Waals surface area (Å²) in [7, 11) is 0. The molecule has 0 heterocycles. The summed E-state index contributed by atoms with van der Waals surface area (Å²) in [6.07, 6.45) is 3.25. The Kier molecular flexibility index (Phi) is 5.69. The molecule has 1 aliphatic rings. The predicted octanol–water partition coefficient (Wildman–Crippen LogP) is 2.39. The smallest absolute Gasteiger partial charge is 0.254 e. The van der Waals surface area contributed by atoms with Crippen molar-refractivity contribution in [2.24, 2.45) is 5.73 Å². The molecule has 1 aromatic rings. The molecule has 19 heavy (non-hydrogen) atoms. The van der Waals surface area contributed by atoms with Crippen LogP contribution in [0.5, 0.6) is 0 Å². The molecule has 106 valence electrons. The molecule has 1 aromatic carbocycles. The Labute approximate surface area is 117 Å². The lowest BCUT2D eigenvalue weighted by Crippen LogP contribution is -2.40. The zero-order valence-electron chi connectivity index (χ0n) is 10.4. The van der Waals surface area contributed by atoms with E-state index < -0.39 is 17.5 Å². The monoisotopic (exact) mass is 290 g/mol. The molecule has 3 N–H and O–H groups in total. The molecular formula is C13H17ClF2N2O. The lowest BCUT2D eigenvalue weighted by Gasteiger charge is -2.26. The largest absolute Gasteiger partial charge is 0.349 e. The number of nitrogens with one attached hydrogen (secondary N) is 1. The van der Waals surface area contributed by atoms with E-state index in [1.165, 1.54) is 12.1 Å². The van der Waals surface area contributed by atoms with Gasteiger partial charge in [0.15, 0.2) is 11.6 Å². The third kappa shape index (κ3) is 3.88. The van der Waals surface area contributed by atoms with Crippen molar-refractivity contribution in [1.82, 2.24) is 5.32 Å². The van der Waals surface area contributed by atoms with Gasteiger partial charge in [-0.1, -0.05) is 6.07 Å². The van der Waals surface area contributed by atoms with Crippen LogP contribution in [0.2, 0.25) is 0 Å². The number of hydrogen-bond acceptors (Lipinski definition) is 2. The standard InChI is InChI=1S/C13H16F2N2O.ClH/c14-11-3-1-2-10(12(11)15)13(18)17-9-6-4-8(16)5-7-9;/h1-3,8-9H,4-7,16H2,(H,17,18);1H. The number of rotatable bonds is 2. The third-order valence-corrected chi connectivity index (χ3v) is 3.30. The van der Waals surface area contributed by atoms with Crippen LogP contribution in [-0.4, -0.2) is 18.0 Å².